The molecule has 3 aromatic carbocycles. The first-order chi connectivity index (χ1) is 48.8. The van der Waals surface area contributed by atoms with E-state index in [1.165, 1.54) is 20.2 Å². The molecule has 10 amide bonds. The second kappa shape index (κ2) is 40.6. The Morgan fingerprint density at radius 3 is 1.91 bits per heavy atom. The molecule has 103 heavy (non-hydrogen) atoms. The molecular weight excluding hydrogens is 1330 g/mol. The number of aromatic nitrogens is 5. The fourth-order valence-corrected chi connectivity index (χ4v) is 10.8. The maximum absolute atomic E-state index is 14.3. The molecule has 0 aliphatic carbocycles. The summed E-state index contributed by atoms with van der Waals surface area (Å²) in [6, 6.07) is 9.58. The van der Waals surface area contributed by atoms with E-state index in [0.717, 1.165) is 104 Å². The van der Waals surface area contributed by atoms with E-state index in [1.54, 1.807) is 10.9 Å². The molecule has 0 radical (unpaired) electrons. The van der Waals surface area contributed by atoms with E-state index in [2.05, 4.69) is 96.7 Å². The van der Waals surface area contributed by atoms with Crippen LogP contribution in [-0.4, -0.2) is 192 Å². The van der Waals surface area contributed by atoms with Crippen molar-refractivity contribution in [1.82, 2.24) is 78.1 Å². The topological polar surface area (TPSA) is 502 Å². The Bertz CT molecular complexity index is 3720. The molecule has 0 saturated heterocycles. The third-order valence-electron chi connectivity index (χ3n) is 16.6. The number of amidine groups is 1. The number of H-pyrrole nitrogens is 1. The Kier molecular flexibility index (Phi) is 32.6. The summed E-state index contributed by atoms with van der Waals surface area (Å²) in [7, 11) is 0. The summed E-state index contributed by atoms with van der Waals surface area (Å²) < 4.78 is 7.91. The number of aromatic amines is 1. The minimum absolute atomic E-state index is 0.0521. The normalized spacial score (nSPS) is 14.1. The van der Waals surface area contributed by atoms with Crippen LogP contribution in [0.5, 0.6) is 5.75 Å². The van der Waals surface area contributed by atoms with Crippen LogP contribution in [0.4, 0.5) is 0 Å². The molecule has 8 unspecified atom stereocenters. The molecule has 5 aromatic rings. The molecule has 0 aliphatic heterocycles. The summed E-state index contributed by atoms with van der Waals surface area (Å²) in [5.41, 5.74) is 12.6. The van der Waals surface area contributed by atoms with Crippen molar-refractivity contribution in [2.45, 2.75) is 194 Å². The number of carboxylic acid groups (broad SMARTS) is 1. The van der Waals surface area contributed by atoms with Crippen LogP contribution in [-0.2, 0) is 85.0 Å². The minimum atomic E-state index is -1.80. The molecule has 5 rings (SSSR count). The Morgan fingerprint density at radius 2 is 1.30 bits per heavy atom. The van der Waals surface area contributed by atoms with Crippen LogP contribution in [0.15, 0.2) is 84.5 Å². The number of amides is 10. The van der Waals surface area contributed by atoms with Gasteiger partial charge in [-0.05, 0) is 141 Å². The quantitative estimate of drug-likeness (QED) is 0.00584. The monoisotopic (exact) mass is 1430 g/mol. The van der Waals surface area contributed by atoms with Crippen molar-refractivity contribution in [3.05, 3.63) is 119 Å². The smallest absolute Gasteiger partial charge is 0.305 e. The lowest BCUT2D eigenvalue weighted by atomic mass is 9.90. The lowest BCUT2D eigenvalue weighted by molar-refractivity contribution is -0.143. The number of hydrazone groups is 1. The molecule has 560 valence electrons. The molecule has 33 nitrogen and oxygen atoms in total. The molecule has 18 N–H and O–H groups in total. The number of ether oxygens (including phenoxy) is 1. The van der Waals surface area contributed by atoms with E-state index in [1.807, 2.05) is 83.3 Å². The average molecular weight is 1430 g/mol. The summed E-state index contributed by atoms with van der Waals surface area (Å²) in [6.07, 6.45) is 5.02. The van der Waals surface area contributed by atoms with Gasteiger partial charge in [0.2, 0.25) is 59.1 Å². The number of nitrogens with zero attached hydrogens (tertiary/aromatic N) is 5. The van der Waals surface area contributed by atoms with E-state index in [4.69, 9.17) is 16.3 Å². The first kappa shape index (κ1) is 82.8. The second-order valence-electron chi connectivity index (χ2n) is 26.1. The van der Waals surface area contributed by atoms with Gasteiger partial charge in [0.25, 0.3) is 0 Å². The number of nitrogens with two attached hydrogens (primary N) is 2. The number of hydrogen-bond donors (Lipinski definition) is 16. The molecular formula is C70H100N18O15. The van der Waals surface area contributed by atoms with Crippen molar-refractivity contribution in [2.75, 3.05) is 26.2 Å². The van der Waals surface area contributed by atoms with Crippen molar-refractivity contribution < 1.29 is 72.8 Å². The van der Waals surface area contributed by atoms with Crippen molar-refractivity contribution in [1.29, 1.82) is 0 Å². The number of benzene rings is 3. The molecule has 0 fully saturated rings. The summed E-state index contributed by atoms with van der Waals surface area (Å²) in [5, 5.41) is 66.8. The van der Waals surface area contributed by atoms with Gasteiger partial charge in [0.05, 0.1) is 50.3 Å². The molecule has 0 spiro atoms. The van der Waals surface area contributed by atoms with Crippen LogP contribution in [0.3, 0.4) is 0 Å². The third kappa shape index (κ3) is 27.6. The third-order valence-corrected chi connectivity index (χ3v) is 16.6. The van der Waals surface area contributed by atoms with Gasteiger partial charge in [-0.3, -0.25) is 57.4 Å². The van der Waals surface area contributed by atoms with Crippen LogP contribution in [0.1, 0.15) is 126 Å². The number of carboxylic acids is 1. The predicted molar refractivity (Wildman–Crippen MR) is 379 cm³/mol. The maximum Gasteiger partial charge on any atom is 0.305 e. The minimum Gasteiger partial charge on any atom is -0.494 e. The van der Waals surface area contributed by atoms with Gasteiger partial charge >= 0.3 is 5.97 Å². The number of aryl methyl sites for hydroxylation is 6. The standard InChI is InChI=1S/C70H100N18O15/c1-11-48-31-51(103-26-13-12-25-88-37-42(5)86-87-88)21-22-52(48)49-19-17-46(18-20-49)30-53(64(97)78-41(4)15-14-16-47-28-39(2)27-40(3)29-47)81-65(98)55(33-59(93)94)80-57(91)35-76-66(99)60(44(7)89)84-62(95)43(6)79-67(100)61(45(8)90)83-58(92)36-75-63(96)54(32-56(71)85-72)82-69(102)70(9,10)68(101)74-24-23-50-34-73-38-77-50/h17-22,27-29,31,34,37-38,41,43-45,53-55,60-61,89-90H,11-16,23-26,30,32-33,35-36,72H2,1-10H3,(H2,71,85)(H,73,77)(H,74,101)(H,75,96)(H,76,99)(H,78,97)(H,79,100)(H,80,91)(H,81,98)(H,82,102)(H,83,92)(H,84,95)(H,93,94)/t41?,43?,44?,45?,53-,54?,55?,60?,61?/m0/s1. The zero-order valence-electron chi connectivity index (χ0n) is 59.9. The molecule has 2 aromatic heterocycles. The van der Waals surface area contributed by atoms with Crippen LogP contribution in [0, 0.1) is 26.2 Å². The number of hydrogen-bond acceptors (Lipinski definition) is 19. The van der Waals surface area contributed by atoms with E-state index >= 15 is 0 Å². The van der Waals surface area contributed by atoms with Gasteiger partial charge in [-0.25, -0.2) is 4.98 Å². The lowest BCUT2D eigenvalue weighted by Crippen LogP contribution is -2.60. The Balaban J connectivity index is 1.18. The lowest BCUT2D eigenvalue weighted by Gasteiger charge is -2.26. The Labute approximate surface area is 597 Å². The van der Waals surface area contributed by atoms with Crippen LogP contribution in [0.2, 0.25) is 0 Å². The number of aliphatic carboxylic acids is 1. The zero-order valence-corrected chi connectivity index (χ0v) is 59.9. The Morgan fingerprint density at radius 1 is 0.660 bits per heavy atom. The number of nitrogens with one attached hydrogen (secondary N) is 11. The maximum atomic E-state index is 14.3. The molecule has 0 saturated carbocycles. The highest BCUT2D eigenvalue weighted by Crippen LogP contribution is 2.29. The first-order valence-corrected chi connectivity index (χ1v) is 34.1. The Hall–Kier alpha value is -10.8. The second-order valence-corrected chi connectivity index (χ2v) is 26.1. The van der Waals surface area contributed by atoms with E-state index < -0.39 is 145 Å². The number of unbranched alkanes of at least 4 members (excludes halogenated alkanes) is 1. The largest absolute Gasteiger partial charge is 0.494 e. The summed E-state index contributed by atoms with van der Waals surface area (Å²) in [5.74, 6) is -5.43. The van der Waals surface area contributed by atoms with Gasteiger partial charge in [-0.15, -0.1) is 5.10 Å². The zero-order chi connectivity index (χ0) is 76.1. The van der Waals surface area contributed by atoms with E-state index in [9.17, 15) is 68.1 Å². The van der Waals surface area contributed by atoms with Crippen LogP contribution < -0.4 is 69.5 Å². The molecule has 2 heterocycles. The number of carbonyl (C=O) groups excluding carboxylic acids is 10. The molecule has 33 heteroatoms. The van der Waals surface area contributed by atoms with Crippen LogP contribution in [0.25, 0.3) is 11.1 Å². The predicted octanol–water partition coefficient (Wildman–Crippen LogP) is -0.511. The fourth-order valence-electron chi connectivity index (χ4n) is 10.8. The van der Waals surface area contributed by atoms with Crippen molar-refractivity contribution >= 4 is 70.9 Å². The number of carbonyl (C=O) groups is 11. The summed E-state index contributed by atoms with van der Waals surface area (Å²) in [6.45, 7) is 15.5. The van der Waals surface area contributed by atoms with Gasteiger partial charge in [0.15, 0.2) is 0 Å². The van der Waals surface area contributed by atoms with Gasteiger partial charge in [-0.1, -0.05) is 71.8 Å². The van der Waals surface area contributed by atoms with E-state index in [-0.39, 0.29) is 24.8 Å². The highest BCUT2D eigenvalue weighted by Gasteiger charge is 2.39. The number of aliphatic hydroxyl groups excluding tert-OH is 2. The molecule has 0 aliphatic rings. The summed E-state index contributed by atoms with van der Waals surface area (Å²) >= 11 is 0. The fraction of sp³-hybridized carbons (Fsp3) is 0.500. The first-order valence-electron chi connectivity index (χ1n) is 34.1. The number of aliphatic hydroxyl groups is 2. The molecule has 0 bridgehead atoms. The van der Waals surface area contributed by atoms with Gasteiger partial charge in [-0.2, -0.15) is 5.10 Å². The van der Waals surface area contributed by atoms with Crippen molar-refractivity contribution in [2.24, 2.45) is 22.1 Å². The average Bonchev–Trinajstić information content (AvgIpc) is 1.59. The van der Waals surface area contributed by atoms with Crippen molar-refractivity contribution in [3.63, 3.8) is 0 Å². The summed E-state index contributed by atoms with van der Waals surface area (Å²) in [4.78, 5) is 154. The van der Waals surface area contributed by atoms with Gasteiger partial charge < -0.3 is 89.8 Å². The van der Waals surface area contributed by atoms with Gasteiger partial charge in [0.1, 0.15) is 53.3 Å². The number of imidazole rings is 1. The van der Waals surface area contributed by atoms with Crippen molar-refractivity contribution in [3.8, 4) is 16.9 Å². The SMILES string of the molecule is CCc1cc(OCCCCn2cc(C)nn2)ccc1-c1ccc(C[C@H](NC(=O)C(CC(=O)O)NC(=O)CNC(=O)C(NC(=O)C(C)NC(=O)C(NC(=O)CNC(=O)C(C/C(N)=N/N)NC(=O)C(C)(C)C(=O)NCCc2cnc[nH]2)C(C)O)C(C)O)C(=O)NC(C)CCCc2cc(C)cc(C)c2)cc1. The van der Waals surface area contributed by atoms with E-state index in [0.29, 0.717) is 31.4 Å². The highest BCUT2D eigenvalue weighted by atomic mass is 16.5. The van der Waals surface area contributed by atoms with Crippen LogP contribution >= 0.6 is 0 Å². The molecule has 9 atom stereocenters. The van der Waals surface area contributed by atoms with Gasteiger partial charge in [0, 0.05) is 56.5 Å². The number of rotatable bonds is 42. The highest BCUT2D eigenvalue weighted by molar-refractivity contribution is 6.06.